The maximum atomic E-state index is 12.2. The summed E-state index contributed by atoms with van der Waals surface area (Å²) in [5.74, 6) is 0.325. The van der Waals surface area contributed by atoms with E-state index in [4.69, 9.17) is 0 Å². The third kappa shape index (κ3) is 12.4. The number of carbonyl (C=O) groups is 1. The lowest BCUT2D eigenvalue weighted by atomic mass is 9.75. The number of allylic oxidation sites excluding steroid dienone is 1. The predicted octanol–water partition coefficient (Wildman–Crippen LogP) is 8.42. The highest BCUT2D eigenvalue weighted by atomic mass is 16.1. The van der Waals surface area contributed by atoms with Crippen molar-refractivity contribution < 1.29 is 4.79 Å². The number of hydrogen-bond donors (Lipinski definition) is 0. The van der Waals surface area contributed by atoms with Crippen LogP contribution in [0.4, 0.5) is 0 Å². The van der Waals surface area contributed by atoms with Crippen LogP contribution in [0.5, 0.6) is 0 Å². The van der Waals surface area contributed by atoms with Crippen molar-refractivity contribution in [3.05, 3.63) is 12.7 Å². The van der Waals surface area contributed by atoms with E-state index in [0.717, 1.165) is 19.3 Å². The first-order valence-corrected chi connectivity index (χ1v) is 11.3. The van der Waals surface area contributed by atoms with Gasteiger partial charge in [0.2, 0.25) is 0 Å². The van der Waals surface area contributed by atoms with Gasteiger partial charge in [0.1, 0.15) is 5.78 Å². The monoisotopic (exact) mass is 350 g/mol. The van der Waals surface area contributed by atoms with Gasteiger partial charge in [0.15, 0.2) is 0 Å². The van der Waals surface area contributed by atoms with Crippen LogP contribution in [0.2, 0.25) is 0 Å². The second-order valence-corrected chi connectivity index (χ2v) is 8.01. The van der Waals surface area contributed by atoms with E-state index in [1.54, 1.807) is 6.92 Å². The van der Waals surface area contributed by atoms with Gasteiger partial charge in [-0.25, -0.2) is 0 Å². The number of carbonyl (C=O) groups excluding carboxylic acids is 1. The van der Waals surface area contributed by atoms with Crippen LogP contribution in [0.1, 0.15) is 130 Å². The van der Waals surface area contributed by atoms with Crippen LogP contribution in [-0.4, -0.2) is 5.78 Å². The maximum absolute atomic E-state index is 12.2. The largest absolute Gasteiger partial charge is 0.299 e. The smallest absolute Gasteiger partial charge is 0.139 e. The second-order valence-electron chi connectivity index (χ2n) is 8.01. The Kier molecular flexibility index (Phi) is 16.5. The van der Waals surface area contributed by atoms with Crippen molar-refractivity contribution in [1.82, 2.24) is 0 Å². The molecule has 0 rings (SSSR count). The summed E-state index contributed by atoms with van der Waals surface area (Å²) in [4.78, 5) is 12.2. The van der Waals surface area contributed by atoms with Gasteiger partial charge in [-0.05, 0) is 19.8 Å². The molecule has 0 radical (unpaired) electrons. The van der Waals surface area contributed by atoms with Gasteiger partial charge in [0.05, 0.1) is 0 Å². The Bertz CT molecular complexity index is 320. The quantitative estimate of drug-likeness (QED) is 0.169. The Balaban J connectivity index is 3.80. The van der Waals surface area contributed by atoms with Gasteiger partial charge >= 0.3 is 0 Å². The van der Waals surface area contributed by atoms with E-state index in [-0.39, 0.29) is 5.41 Å². The first-order valence-electron chi connectivity index (χ1n) is 11.3. The molecule has 0 aromatic heterocycles. The zero-order valence-corrected chi connectivity index (χ0v) is 17.7. The van der Waals surface area contributed by atoms with E-state index in [9.17, 15) is 4.79 Å². The van der Waals surface area contributed by atoms with Crippen molar-refractivity contribution >= 4 is 5.78 Å². The fourth-order valence-corrected chi connectivity index (χ4v) is 3.80. The molecule has 0 saturated heterocycles. The minimum absolute atomic E-state index is 0.243. The molecule has 0 fully saturated rings. The highest BCUT2D eigenvalue weighted by Gasteiger charge is 2.30. The predicted molar refractivity (Wildman–Crippen MR) is 113 cm³/mol. The molecule has 0 N–H and O–H groups in total. The highest BCUT2D eigenvalue weighted by Crippen LogP contribution is 2.34. The van der Waals surface area contributed by atoms with Crippen LogP contribution in [0, 0.1) is 5.41 Å². The molecule has 1 atom stereocenters. The molecule has 1 heteroatoms. The van der Waals surface area contributed by atoms with Crippen LogP contribution in [0.3, 0.4) is 0 Å². The molecular weight excluding hydrogens is 304 g/mol. The molecule has 0 bridgehead atoms. The summed E-state index contributed by atoms with van der Waals surface area (Å²) in [5, 5.41) is 0. The first-order chi connectivity index (χ1) is 12.1. The van der Waals surface area contributed by atoms with Gasteiger partial charge in [-0.15, -0.1) is 6.58 Å². The lowest BCUT2D eigenvalue weighted by Crippen LogP contribution is -2.26. The minimum atomic E-state index is -0.243. The van der Waals surface area contributed by atoms with Crippen LogP contribution >= 0.6 is 0 Å². The van der Waals surface area contributed by atoms with Gasteiger partial charge in [-0.2, -0.15) is 0 Å². The Morgan fingerprint density at radius 3 is 1.32 bits per heavy atom. The topological polar surface area (TPSA) is 17.1 Å². The van der Waals surface area contributed by atoms with Crippen molar-refractivity contribution in [2.24, 2.45) is 5.41 Å². The summed E-state index contributed by atoms with van der Waals surface area (Å²) >= 11 is 0. The molecule has 0 amide bonds. The Morgan fingerprint density at radius 2 is 1.00 bits per heavy atom. The molecule has 1 unspecified atom stereocenters. The molecule has 0 aliphatic heterocycles. The second kappa shape index (κ2) is 16.9. The number of unbranched alkanes of at least 4 members (excludes halogenated alkanes) is 13. The summed E-state index contributed by atoms with van der Waals surface area (Å²) < 4.78 is 0. The molecule has 148 valence electrons. The SMILES string of the molecule is C=CC(CCCCCC)(CCCCCCCCCCCCC)C(C)=O. The third-order valence-corrected chi connectivity index (χ3v) is 5.79. The van der Waals surface area contributed by atoms with E-state index in [1.807, 2.05) is 6.08 Å². The van der Waals surface area contributed by atoms with Crippen LogP contribution < -0.4 is 0 Å². The molecule has 0 heterocycles. The average molecular weight is 351 g/mol. The van der Waals surface area contributed by atoms with Crippen LogP contribution in [0.25, 0.3) is 0 Å². The number of ketones is 1. The van der Waals surface area contributed by atoms with Crippen LogP contribution in [0.15, 0.2) is 12.7 Å². The zero-order valence-electron chi connectivity index (χ0n) is 17.7. The van der Waals surface area contributed by atoms with E-state index < -0.39 is 0 Å². The van der Waals surface area contributed by atoms with Gasteiger partial charge in [0.25, 0.3) is 0 Å². The first kappa shape index (κ1) is 24.4. The van der Waals surface area contributed by atoms with Gasteiger partial charge in [-0.3, -0.25) is 4.79 Å². The molecule has 0 aliphatic rings. The molecule has 0 spiro atoms. The summed E-state index contributed by atoms with van der Waals surface area (Å²) in [6.07, 6.45) is 23.9. The fraction of sp³-hybridized carbons (Fsp3) is 0.875. The van der Waals surface area contributed by atoms with Crippen LogP contribution in [-0.2, 0) is 4.79 Å². The summed E-state index contributed by atoms with van der Waals surface area (Å²) in [6, 6.07) is 0. The van der Waals surface area contributed by atoms with E-state index >= 15 is 0 Å². The van der Waals surface area contributed by atoms with Gasteiger partial charge < -0.3 is 0 Å². The summed E-state index contributed by atoms with van der Waals surface area (Å²) in [6.45, 7) is 10.3. The maximum Gasteiger partial charge on any atom is 0.139 e. The lowest BCUT2D eigenvalue weighted by molar-refractivity contribution is -0.124. The third-order valence-electron chi connectivity index (χ3n) is 5.79. The van der Waals surface area contributed by atoms with Crippen molar-refractivity contribution in [3.63, 3.8) is 0 Å². The summed E-state index contributed by atoms with van der Waals surface area (Å²) in [5.41, 5.74) is -0.243. The van der Waals surface area contributed by atoms with Crippen molar-refractivity contribution in [3.8, 4) is 0 Å². The molecule has 0 aromatic carbocycles. The standard InChI is InChI=1S/C24H46O/c1-5-8-10-12-13-14-15-16-17-18-20-22-24(7-3,23(4)25)21-19-11-9-6-2/h7H,3,5-6,8-22H2,1-2,4H3. The fourth-order valence-electron chi connectivity index (χ4n) is 3.80. The highest BCUT2D eigenvalue weighted by molar-refractivity contribution is 5.84. The van der Waals surface area contributed by atoms with Crippen molar-refractivity contribution in [2.75, 3.05) is 0 Å². The zero-order chi connectivity index (χ0) is 18.8. The number of rotatable bonds is 19. The minimum Gasteiger partial charge on any atom is -0.299 e. The normalized spacial score (nSPS) is 13.6. The van der Waals surface area contributed by atoms with Crippen molar-refractivity contribution in [2.45, 2.75) is 130 Å². The van der Waals surface area contributed by atoms with E-state index in [0.29, 0.717) is 5.78 Å². The molecule has 0 aromatic rings. The summed E-state index contributed by atoms with van der Waals surface area (Å²) in [7, 11) is 0. The average Bonchev–Trinajstić information content (AvgIpc) is 2.61. The molecule has 25 heavy (non-hydrogen) atoms. The van der Waals surface area contributed by atoms with Crippen molar-refractivity contribution in [1.29, 1.82) is 0 Å². The van der Waals surface area contributed by atoms with Gasteiger partial charge in [0, 0.05) is 5.41 Å². The number of hydrogen-bond acceptors (Lipinski definition) is 1. The number of Topliss-reactive ketones (excluding diaryl/α,β-unsaturated/α-hetero) is 1. The van der Waals surface area contributed by atoms with Gasteiger partial charge in [-0.1, -0.05) is 116 Å². The van der Waals surface area contributed by atoms with E-state index in [2.05, 4.69) is 20.4 Å². The Labute approximate surface area is 159 Å². The molecule has 0 saturated carbocycles. The Morgan fingerprint density at radius 1 is 0.680 bits per heavy atom. The molecule has 0 aliphatic carbocycles. The Hall–Kier alpha value is -0.590. The lowest BCUT2D eigenvalue weighted by Gasteiger charge is -2.28. The molecular formula is C24H46O. The molecule has 1 nitrogen and oxygen atoms in total. The van der Waals surface area contributed by atoms with E-state index in [1.165, 1.54) is 89.9 Å².